The lowest BCUT2D eigenvalue weighted by Gasteiger charge is -2.25. The molecule has 0 radical (unpaired) electrons. The number of aromatic nitrogens is 2. The van der Waals surface area contributed by atoms with Gasteiger partial charge < -0.3 is 10.2 Å². The van der Waals surface area contributed by atoms with Crippen LogP contribution in [0.25, 0.3) is 0 Å². The van der Waals surface area contributed by atoms with Crippen molar-refractivity contribution in [2.75, 3.05) is 26.0 Å². The molecule has 5 heteroatoms. The average Bonchev–Trinajstić information content (AvgIpc) is 2.42. The Kier molecular flexibility index (Phi) is 4.85. The lowest BCUT2D eigenvalue weighted by Crippen LogP contribution is -2.27. The number of nitrogens with zero attached hydrogens (tertiary/aromatic N) is 3. The van der Waals surface area contributed by atoms with Crippen molar-refractivity contribution in [3.05, 3.63) is 53.2 Å². The summed E-state index contributed by atoms with van der Waals surface area (Å²) in [7, 11) is 3.96. The van der Waals surface area contributed by atoms with Crippen molar-refractivity contribution in [2.45, 2.75) is 19.9 Å². The predicted molar refractivity (Wildman–Crippen MR) is 82.8 cm³/mol. The molecule has 1 heterocycles. The fraction of sp³-hybridized carbons (Fsp3) is 0.375. The van der Waals surface area contributed by atoms with Gasteiger partial charge >= 0.3 is 0 Å². The molecule has 1 aromatic heterocycles. The first-order valence-corrected chi connectivity index (χ1v) is 6.93. The molecule has 0 aliphatic carbocycles. The number of aryl methyl sites for hydroxylation is 2. The summed E-state index contributed by atoms with van der Waals surface area (Å²) in [5, 5.41) is 3.32. The first-order chi connectivity index (χ1) is 9.97. The zero-order valence-corrected chi connectivity index (χ0v) is 12.9. The van der Waals surface area contributed by atoms with Gasteiger partial charge in [-0.1, -0.05) is 12.1 Å². The van der Waals surface area contributed by atoms with E-state index in [2.05, 4.69) is 20.2 Å². The molecule has 1 N–H and O–H groups in total. The second-order valence-corrected chi connectivity index (χ2v) is 5.36. The lowest BCUT2D eigenvalue weighted by atomic mass is 10.1. The summed E-state index contributed by atoms with van der Waals surface area (Å²) in [6.45, 7) is 4.46. The molecule has 0 aliphatic heterocycles. The van der Waals surface area contributed by atoms with Gasteiger partial charge in [-0.15, -0.1) is 0 Å². The minimum absolute atomic E-state index is 0.0578. The monoisotopic (exact) mass is 288 g/mol. The molecule has 112 valence electrons. The fourth-order valence-corrected chi connectivity index (χ4v) is 2.21. The third-order valence-corrected chi connectivity index (χ3v) is 3.40. The van der Waals surface area contributed by atoms with Crippen LogP contribution in [0.2, 0.25) is 0 Å². The van der Waals surface area contributed by atoms with E-state index in [1.807, 2.05) is 34.0 Å². The number of likely N-dealkylation sites (N-methyl/N-ethyl adjacent to an activating group) is 1. The van der Waals surface area contributed by atoms with Gasteiger partial charge in [0.15, 0.2) is 0 Å². The molecule has 2 rings (SSSR count). The maximum Gasteiger partial charge on any atom is 0.147 e. The molecule has 0 amide bonds. The highest BCUT2D eigenvalue weighted by Crippen LogP contribution is 2.20. The Hall–Kier alpha value is -2.01. The summed E-state index contributed by atoms with van der Waals surface area (Å²) in [4.78, 5) is 10.8. The van der Waals surface area contributed by atoms with Crippen LogP contribution in [-0.2, 0) is 0 Å². The summed E-state index contributed by atoms with van der Waals surface area (Å²) in [6.07, 6.45) is 1.75. The van der Waals surface area contributed by atoms with Crippen LogP contribution in [-0.4, -0.2) is 35.5 Å². The number of benzene rings is 1. The van der Waals surface area contributed by atoms with Crippen LogP contribution < -0.4 is 5.32 Å². The number of halogens is 1. The van der Waals surface area contributed by atoms with Crippen LogP contribution in [0.3, 0.4) is 0 Å². The molecule has 4 nitrogen and oxygen atoms in total. The van der Waals surface area contributed by atoms with Gasteiger partial charge in [-0.05, 0) is 45.6 Å². The number of hydrogen-bond acceptors (Lipinski definition) is 4. The van der Waals surface area contributed by atoms with Gasteiger partial charge in [0, 0.05) is 12.7 Å². The van der Waals surface area contributed by atoms with Crippen LogP contribution in [0.4, 0.5) is 10.2 Å². The summed E-state index contributed by atoms with van der Waals surface area (Å²) in [5.41, 5.74) is 2.67. The average molecular weight is 288 g/mol. The van der Waals surface area contributed by atoms with Gasteiger partial charge in [0.2, 0.25) is 0 Å². The van der Waals surface area contributed by atoms with Crippen LogP contribution in [0.15, 0.2) is 30.5 Å². The third-order valence-electron chi connectivity index (χ3n) is 3.40. The maximum absolute atomic E-state index is 13.4. The molecule has 1 unspecified atom stereocenters. The third kappa shape index (κ3) is 3.98. The molecule has 0 bridgehead atoms. The Labute approximate surface area is 125 Å². The lowest BCUT2D eigenvalue weighted by molar-refractivity contribution is 0.311. The number of rotatable bonds is 5. The summed E-state index contributed by atoms with van der Waals surface area (Å²) < 4.78 is 13.4. The molecule has 0 saturated heterocycles. The van der Waals surface area contributed by atoms with Crippen molar-refractivity contribution in [2.24, 2.45) is 0 Å². The van der Waals surface area contributed by atoms with Gasteiger partial charge in [-0.2, -0.15) is 0 Å². The molecule has 0 aliphatic rings. The molecule has 0 saturated carbocycles. The van der Waals surface area contributed by atoms with E-state index in [0.29, 0.717) is 6.54 Å². The second-order valence-electron chi connectivity index (χ2n) is 5.36. The van der Waals surface area contributed by atoms with Crippen molar-refractivity contribution < 1.29 is 4.39 Å². The summed E-state index contributed by atoms with van der Waals surface area (Å²) in [5.74, 6) is 0.559. The molecular formula is C16H21FN4. The molecule has 1 atom stereocenters. The first kappa shape index (κ1) is 15.4. The predicted octanol–water partition coefficient (Wildman–Crippen LogP) is 2.95. The Bertz CT molecular complexity index is 613. The fourth-order valence-electron chi connectivity index (χ4n) is 2.21. The van der Waals surface area contributed by atoms with Crippen molar-refractivity contribution in [1.29, 1.82) is 0 Å². The highest BCUT2D eigenvalue weighted by Gasteiger charge is 2.15. The molecule has 2 aromatic rings. The zero-order valence-electron chi connectivity index (χ0n) is 12.9. The van der Waals surface area contributed by atoms with Crippen molar-refractivity contribution in [3.8, 4) is 0 Å². The number of nitrogens with one attached hydrogen (secondary N) is 1. The van der Waals surface area contributed by atoms with Crippen molar-refractivity contribution >= 4 is 5.82 Å². The highest BCUT2D eigenvalue weighted by molar-refractivity contribution is 5.40. The van der Waals surface area contributed by atoms with Crippen molar-refractivity contribution in [3.63, 3.8) is 0 Å². The maximum atomic E-state index is 13.4. The Balaban J connectivity index is 2.16. The number of hydrogen-bond donors (Lipinski definition) is 1. The van der Waals surface area contributed by atoms with Gasteiger partial charge in [0.05, 0.1) is 17.4 Å². The summed E-state index contributed by atoms with van der Waals surface area (Å²) >= 11 is 0. The van der Waals surface area contributed by atoms with E-state index in [1.165, 1.54) is 6.07 Å². The van der Waals surface area contributed by atoms with Gasteiger partial charge in [-0.25, -0.2) is 9.37 Å². The normalized spacial score (nSPS) is 12.5. The number of anilines is 1. The standard InChI is InChI=1S/C16H21FN4/c1-11-9-18-12(2)16(20-11)19-10-15(21(3)4)13-6-5-7-14(17)8-13/h5-9,15H,10H2,1-4H3,(H,19,20). The van der Waals surface area contributed by atoms with Gasteiger partial charge in [-0.3, -0.25) is 4.98 Å². The Morgan fingerprint density at radius 3 is 2.71 bits per heavy atom. The summed E-state index contributed by atoms with van der Waals surface area (Å²) in [6, 6.07) is 6.76. The van der Waals surface area contributed by atoms with Crippen LogP contribution in [0.1, 0.15) is 23.0 Å². The Morgan fingerprint density at radius 2 is 2.05 bits per heavy atom. The van der Waals surface area contributed by atoms with Crippen LogP contribution in [0.5, 0.6) is 0 Å². The molecule has 0 spiro atoms. The Morgan fingerprint density at radius 1 is 1.29 bits per heavy atom. The topological polar surface area (TPSA) is 41.1 Å². The van der Waals surface area contributed by atoms with E-state index in [0.717, 1.165) is 22.8 Å². The molecule has 1 aromatic carbocycles. The first-order valence-electron chi connectivity index (χ1n) is 6.93. The largest absolute Gasteiger partial charge is 0.367 e. The van der Waals surface area contributed by atoms with Crippen LogP contribution >= 0.6 is 0 Å². The van der Waals surface area contributed by atoms with E-state index in [4.69, 9.17) is 0 Å². The van der Waals surface area contributed by atoms with Gasteiger partial charge in [0.1, 0.15) is 11.6 Å². The second kappa shape index (κ2) is 6.63. The molecule has 21 heavy (non-hydrogen) atoms. The van der Waals surface area contributed by atoms with Crippen molar-refractivity contribution in [1.82, 2.24) is 14.9 Å². The highest BCUT2D eigenvalue weighted by atomic mass is 19.1. The zero-order chi connectivity index (χ0) is 15.4. The smallest absolute Gasteiger partial charge is 0.147 e. The van der Waals surface area contributed by atoms with Crippen LogP contribution in [0, 0.1) is 19.7 Å². The van der Waals surface area contributed by atoms with E-state index in [1.54, 1.807) is 18.3 Å². The quantitative estimate of drug-likeness (QED) is 0.918. The molecule has 0 fully saturated rings. The van der Waals surface area contributed by atoms with Gasteiger partial charge in [0.25, 0.3) is 0 Å². The SMILES string of the molecule is Cc1cnc(C)c(NCC(c2cccc(F)c2)N(C)C)n1. The minimum atomic E-state index is -0.217. The van der Waals surface area contributed by atoms with E-state index in [-0.39, 0.29) is 11.9 Å². The minimum Gasteiger partial charge on any atom is -0.367 e. The van der Waals surface area contributed by atoms with E-state index >= 15 is 0 Å². The molecular weight excluding hydrogens is 267 g/mol. The van der Waals surface area contributed by atoms with E-state index < -0.39 is 0 Å². The van der Waals surface area contributed by atoms with E-state index in [9.17, 15) is 4.39 Å².